The van der Waals surface area contributed by atoms with Crippen molar-refractivity contribution in [2.24, 2.45) is 0 Å². The van der Waals surface area contributed by atoms with E-state index in [1.807, 2.05) is 0 Å². The summed E-state index contributed by atoms with van der Waals surface area (Å²) in [5.74, 6) is -1.23. The molecule has 0 aliphatic carbocycles. The van der Waals surface area contributed by atoms with Crippen molar-refractivity contribution in [2.75, 3.05) is 25.4 Å². The second-order valence-electron chi connectivity index (χ2n) is 5.24. The van der Waals surface area contributed by atoms with E-state index in [9.17, 15) is 22.8 Å². The van der Waals surface area contributed by atoms with Crippen LogP contribution in [0.15, 0.2) is 18.2 Å². The van der Waals surface area contributed by atoms with Gasteiger partial charge < -0.3 is 21.7 Å². The molecule has 9 heteroatoms. The van der Waals surface area contributed by atoms with Gasteiger partial charge >= 0.3 is 6.18 Å². The zero-order chi connectivity index (χ0) is 17.0. The van der Waals surface area contributed by atoms with E-state index >= 15 is 0 Å². The summed E-state index contributed by atoms with van der Waals surface area (Å²) in [6.07, 6.45) is -3.78. The molecule has 6 nitrogen and oxygen atoms in total. The predicted octanol–water partition coefficient (Wildman–Crippen LogP) is 0.495. The Hall–Kier alpha value is -2.29. The van der Waals surface area contributed by atoms with Gasteiger partial charge in [-0.25, -0.2) is 0 Å². The maximum absolute atomic E-state index is 12.7. The summed E-state index contributed by atoms with van der Waals surface area (Å²) in [6, 6.07) is 2.48. The number of carbonyl (C=O) groups excluding carboxylic acids is 2. The second-order valence-corrected chi connectivity index (χ2v) is 5.24. The van der Waals surface area contributed by atoms with Crippen molar-refractivity contribution >= 4 is 17.5 Å². The minimum absolute atomic E-state index is 0.00183. The lowest BCUT2D eigenvalue weighted by atomic mass is 10.1. The molecule has 1 aromatic carbocycles. The van der Waals surface area contributed by atoms with Crippen LogP contribution in [0, 0.1) is 0 Å². The number of carbonyl (C=O) groups is 2. The number of hydrogen-bond acceptors (Lipinski definition) is 4. The summed E-state index contributed by atoms with van der Waals surface area (Å²) in [6.45, 7) is 1.13. The molecule has 0 radical (unpaired) electrons. The molecule has 1 heterocycles. The third kappa shape index (κ3) is 4.59. The van der Waals surface area contributed by atoms with Gasteiger partial charge in [-0.3, -0.25) is 9.59 Å². The summed E-state index contributed by atoms with van der Waals surface area (Å²) in [4.78, 5) is 23.6. The lowest BCUT2D eigenvalue weighted by Crippen LogP contribution is -2.42. The number of halogens is 3. The van der Waals surface area contributed by atoms with E-state index in [1.54, 1.807) is 0 Å². The van der Waals surface area contributed by atoms with Crippen LogP contribution in [0.5, 0.6) is 0 Å². The van der Waals surface area contributed by atoms with Gasteiger partial charge in [-0.15, -0.1) is 0 Å². The van der Waals surface area contributed by atoms with Crippen LogP contribution < -0.4 is 21.7 Å². The molecule has 2 amide bonds. The molecule has 126 valence electrons. The van der Waals surface area contributed by atoms with E-state index in [0.717, 1.165) is 25.1 Å². The predicted molar refractivity (Wildman–Crippen MR) is 77.6 cm³/mol. The summed E-state index contributed by atoms with van der Waals surface area (Å²) < 4.78 is 38.0. The fraction of sp³-hybridized carbons (Fsp3) is 0.429. The van der Waals surface area contributed by atoms with E-state index in [2.05, 4.69) is 16.0 Å². The van der Waals surface area contributed by atoms with Crippen LogP contribution in [0.2, 0.25) is 0 Å². The van der Waals surface area contributed by atoms with Crippen LogP contribution in [-0.4, -0.2) is 37.5 Å². The number of anilines is 1. The maximum Gasteiger partial charge on any atom is 0.416 e. The quantitative estimate of drug-likeness (QED) is 0.604. The highest BCUT2D eigenvalue weighted by Gasteiger charge is 2.31. The summed E-state index contributed by atoms with van der Waals surface area (Å²) in [7, 11) is 0. The van der Waals surface area contributed by atoms with Gasteiger partial charge in [0.25, 0.3) is 5.91 Å². The largest absolute Gasteiger partial charge is 0.416 e. The highest BCUT2D eigenvalue weighted by Crippen LogP contribution is 2.31. The van der Waals surface area contributed by atoms with Gasteiger partial charge in [-0.2, -0.15) is 13.2 Å². The number of amides is 2. The number of benzene rings is 1. The van der Waals surface area contributed by atoms with E-state index in [4.69, 9.17) is 5.73 Å². The molecule has 0 bridgehead atoms. The number of hydrogen-bond donors (Lipinski definition) is 4. The molecule has 1 unspecified atom stereocenters. The summed E-state index contributed by atoms with van der Waals surface area (Å²) in [5.41, 5.74) is 4.16. The molecule has 1 saturated heterocycles. The van der Waals surface area contributed by atoms with Gasteiger partial charge in [-0.05, 0) is 31.2 Å². The fourth-order valence-electron chi connectivity index (χ4n) is 2.24. The number of nitrogen functional groups attached to an aromatic ring is 1. The van der Waals surface area contributed by atoms with Crippen LogP contribution in [0.3, 0.4) is 0 Å². The number of nitrogens with one attached hydrogen (secondary N) is 3. The van der Waals surface area contributed by atoms with Gasteiger partial charge in [0.2, 0.25) is 5.91 Å². The Balaban J connectivity index is 1.96. The first-order valence-electron chi connectivity index (χ1n) is 7.02. The third-order valence-electron chi connectivity index (χ3n) is 3.46. The smallest absolute Gasteiger partial charge is 0.398 e. The highest BCUT2D eigenvalue weighted by molar-refractivity contribution is 6.00. The molecule has 0 aromatic heterocycles. The van der Waals surface area contributed by atoms with Gasteiger partial charge in [0.15, 0.2) is 0 Å². The average molecular weight is 330 g/mol. The van der Waals surface area contributed by atoms with Crippen molar-refractivity contribution in [2.45, 2.75) is 18.6 Å². The Bertz CT molecular complexity index is 598. The van der Waals surface area contributed by atoms with Crippen molar-refractivity contribution in [3.63, 3.8) is 0 Å². The molecule has 1 aliphatic rings. The molecule has 5 N–H and O–H groups in total. The monoisotopic (exact) mass is 330 g/mol. The maximum atomic E-state index is 12.7. The highest BCUT2D eigenvalue weighted by atomic mass is 19.4. The van der Waals surface area contributed by atoms with E-state index < -0.39 is 23.6 Å². The molecule has 0 spiro atoms. The first-order valence-corrected chi connectivity index (χ1v) is 7.02. The standard InChI is InChI=1S/C14H17F3N4O2/c15-14(16,17)8-1-2-11(18)10(5-8)13(23)20-7-12(22)21-9-3-4-19-6-9/h1-2,5,9,19H,3-4,6-7,18H2,(H,20,23)(H,21,22). The third-order valence-corrected chi connectivity index (χ3v) is 3.46. The first kappa shape index (κ1) is 17.1. The normalized spacial score (nSPS) is 17.8. The van der Waals surface area contributed by atoms with Crippen molar-refractivity contribution in [1.29, 1.82) is 0 Å². The molecular formula is C14H17F3N4O2. The van der Waals surface area contributed by atoms with Crippen LogP contribution >= 0.6 is 0 Å². The van der Waals surface area contributed by atoms with E-state index in [-0.39, 0.29) is 23.8 Å². The molecule has 1 aromatic rings. The Morgan fingerprint density at radius 2 is 2.09 bits per heavy atom. The van der Waals surface area contributed by atoms with Crippen LogP contribution in [-0.2, 0) is 11.0 Å². The van der Waals surface area contributed by atoms with Gasteiger partial charge in [-0.1, -0.05) is 0 Å². The molecule has 23 heavy (non-hydrogen) atoms. The van der Waals surface area contributed by atoms with Gasteiger partial charge in [0.1, 0.15) is 0 Å². The van der Waals surface area contributed by atoms with E-state index in [1.165, 1.54) is 0 Å². The van der Waals surface area contributed by atoms with Crippen molar-refractivity contribution in [3.05, 3.63) is 29.3 Å². The zero-order valence-corrected chi connectivity index (χ0v) is 12.2. The lowest BCUT2D eigenvalue weighted by Gasteiger charge is -2.13. The summed E-state index contributed by atoms with van der Waals surface area (Å²) >= 11 is 0. The Kier molecular flexibility index (Phi) is 5.09. The molecule has 2 rings (SSSR count). The van der Waals surface area contributed by atoms with E-state index in [0.29, 0.717) is 12.6 Å². The Morgan fingerprint density at radius 1 is 1.35 bits per heavy atom. The Morgan fingerprint density at radius 3 is 2.70 bits per heavy atom. The van der Waals surface area contributed by atoms with Crippen molar-refractivity contribution < 1.29 is 22.8 Å². The first-order chi connectivity index (χ1) is 10.8. The SMILES string of the molecule is Nc1ccc(C(F)(F)F)cc1C(=O)NCC(=O)NC1CCNC1. The van der Waals surface area contributed by atoms with Gasteiger partial charge in [0.05, 0.1) is 17.7 Å². The lowest BCUT2D eigenvalue weighted by molar-refractivity contribution is -0.137. The molecule has 1 fully saturated rings. The summed E-state index contributed by atoms with van der Waals surface area (Å²) in [5, 5.41) is 8.05. The topological polar surface area (TPSA) is 96.2 Å². The molecular weight excluding hydrogens is 313 g/mol. The molecule has 1 aliphatic heterocycles. The van der Waals surface area contributed by atoms with Crippen molar-refractivity contribution in [1.82, 2.24) is 16.0 Å². The average Bonchev–Trinajstić information content (AvgIpc) is 2.97. The van der Waals surface area contributed by atoms with Crippen molar-refractivity contribution in [3.8, 4) is 0 Å². The number of nitrogens with two attached hydrogens (primary N) is 1. The van der Waals surface area contributed by atoms with Gasteiger partial charge in [0, 0.05) is 18.3 Å². The van der Waals surface area contributed by atoms with Crippen LogP contribution in [0.1, 0.15) is 22.3 Å². The second kappa shape index (κ2) is 6.86. The number of alkyl halides is 3. The zero-order valence-electron chi connectivity index (χ0n) is 12.2. The minimum atomic E-state index is -4.57. The number of rotatable bonds is 4. The van der Waals surface area contributed by atoms with Crippen LogP contribution in [0.4, 0.5) is 18.9 Å². The molecule has 1 atom stereocenters. The minimum Gasteiger partial charge on any atom is -0.398 e. The van der Waals surface area contributed by atoms with Crippen LogP contribution in [0.25, 0.3) is 0 Å². The fourth-order valence-corrected chi connectivity index (χ4v) is 2.24. The molecule has 0 saturated carbocycles. The Labute approximate surface area is 130 Å².